The standard InChI is InChI=1S/C10H20N2O3/c1-4-12(5-2)9(13)7-11-8(3)6-10(14)15/h8,11H,4-7H2,1-3H3,(H,14,15). The number of carboxylic acid groups (broad SMARTS) is 1. The molecule has 0 aliphatic carbocycles. The number of carbonyl (C=O) groups is 2. The molecule has 0 saturated heterocycles. The van der Waals surface area contributed by atoms with Crippen molar-refractivity contribution < 1.29 is 14.7 Å². The van der Waals surface area contributed by atoms with E-state index in [9.17, 15) is 9.59 Å². The summed E-state index contributed by atoms with van der Waals surface area (Å²) in [5, 5.41) is 11.4. The molecule has 0 rings (SSSR count). The Bertz CT molecular complexity index is 215. The summed E-state index contributed by atoms with van der Waals surface area (Å²) < 4.78 is 0. The summed E-state index contributed by atoms with van der Waals surface area (Å²) in [7, 11) is 0. The lowest BCUT2D eigenvalue weighted by atomic mass is 10.2. The number of hydrogen-bond acceptors (Lipinski definition) is 3. The summed E-state index contributed by atoms with van der Waals surface area (Å²) in [6, 6.07) is -0.179. The number of nitrogens with zero attached hydrogens (tertiary/aromatic N) is 1. The van der Waals surface area contributed by atoms with Crippen LogP contribution in [0, 0.1) is 0 Å². The molecule has 2 N–H and O–H groups in total. The largest absolute Gasteiger partial charge is 0.481 e. The zero-order valence-electron chi connectivity index (χ0n) is 9.62. The number of likely N-dealkylation sites (N-methyl/N-ethyl adjacent to an activating group) is 1. The van der Waals surface area contributed by atoms with Crippen molar-refractivity contribution in [3.8, 4) is 0 Å². The molecule has 0 radical (unpaired) electrons. The number of amides is 1. The van der Waals surface area contributed by atoms with Crippen LogP contribution in [0.15, 0.2) is 0 Å². The average Bonchev–Trinajstić information content (AvgIpc) is 2.15. The fourth-order valence-electron chi connectivity index (χ4n) is 1.28. The van der Waals surface area contributed by atoms with E-state index in [0.29, 0.717) is 13.1 Å². The quantitative estimate of drug-likeness (QED) is 0.642. The highest BCUT2D eigenvalue weighted by Crippen LogP contribution is 1.92. The van der Waals surface area contributed by atoms with Gasteiger partial charge in [0.15, 0.2) is 0 Å². The summed E-state index contributed by atoms with van der Waals surface area (Å²) in [4.78, 5) is 23.6. The maximum atomic E-state index is 11.5. The van der Waals surface area contributed by atoms with E-state index >= 15 is 0 Å². The predicted molar refractivity (Wildman–Crippen MR) is 57.6 cm³/mol. The van der Waals surface area contributed by atoms with Gasteiger partial charge in [0.2, 0.25) is 5.91 Å². The van der Waals surface area contributed by atoms with E-state index < -0.39 is 5.97 Å². The van der Waals surface area contributed by atoms with Gasteiger partial charge in [-0.3, -0.25) is 9.59 Å². The molecule has 0 saturated carbocycles. The monoisotopic (exact) mass is 216 g/mol. The minimum absolute atomic E-state index is 0.0113. The molecular formula is C10H20N2O3. The fraction of sp³-hybridized carbons (Fsp3) is 0.800. The molecule has 0 fully saturated rings. The van der Waals surface area contributed by atoms with Gasteiger partial charge in [0.05, 0.1) is 13.0 Å². The van der Waals surface area contributed by atoms with Gasteiger partial charge in [-0.2, -0.15) is 0 Å². The lowest BCUT2D eigenvalue weighted by Gasteiger charge is -2.20. The van der Waals surface area contributed by atoms with Crippen LogP contribution in [0.1, 0.15) is 27.2 Å². The Balaban J connectivity index is 3.83. The van der Waals surface area contributed by atoms with Gasteiger partial charge in [-0.05, 0) is 20.8 Å². The Labute approximate surface area is 90.5 Å². The molecule has 0 bridgehead atoms. The van der Waals surface area contributed by atoms with Crippen molar-refractivity contribution in [1.29, 1.82) is 0 Å². The lowest BCUT2D eigenvalue weighted by molar-refractivity contribution is -0.138. The maximum absolute atomic E-state index is 11.5. The van der Waals surface area contributed by atoms with E-state index in [1.165, 1.54) is 0 Å². The molecule has 0 aliphatic heterocycles. The minimum atomic E-state index is -0.856. The first-order valence-electron chi connectivity index (χ1n) is 5.24. The van der Waals surface area contributed by atoms with Crippen molar-refractivity contribution in [2.45, 2.75) is 33.2 Å². The highest BCUT2D eigenvalue weighted by atomic mass is 16.4. The molecule has 0 spiro atoms. The van der Waals surface area contributed by atoms with E-state index in [2.05, 4.69) is 5.32 Å². The second-order valence-electron chi connectivity index (χ2n) is 3.45. The van der Waals surface area contributed by atoms with Gasteiger partial charge in [-0.15, -0.1) is 0 Å². The zero-order chi connectivity index (χ0) is 11.8. The third kappa shape index (κ3) is 6.06. The van der Waals surface area contributed by atoms with Crippen LogP contribution in [0.3, 0.4) is 0 Å². The van der Waals surface area contributed by atoms with Crippen LogP contribution >= 0.6 is 0 Å². The number of carboxylic acids is 1. The first kappa shape index (κ1) is 13.9. The molecule has 15 heavy (non-hydrogen) atoms. The second kappa shape index (κ2) is 7.23. The predicted octanol–water partition coefficient (Wildman–Crippen LogP) is 0.308. The maximum Gasteiger partial charge on any atom is 0.304 e. The van der Waals surface area contributed by atoms with Crippen LogP contribution < -0.4 is 5.32 Å². The SMILES string of the molecule is CCN(CC)C(=O)CNC(C)CC(=O)O. The van der Waals surface area contributed by atoms with Crippen LogP contribution in [0.2, 0.25) is 0 Å². The number of rotatable bonds is 7. The highest BCUT2D eigenvalue weighted by Gasteiger charge is 2.12. The van der Waals surface area contributed by atoms with Gasteiger partial charge in [0.25, 0.3) is 0 Å². The Morgan fingerprint density at radius 3 is 2.27 bits per heavy atom. The third-order valence-corrected chi connectivity index (χ3v) is 2.20. The summed E-state index contributed by atoms with van der Waals surface area (Å²) in [6.45, 7) is 7.17. The summed E-state index contributed by atoms with van der Waals surface area (Å²) in [5.41, 5.74) is 0. The Morgan fingerprint density at radius 1 is 1.33 bits per heavy atom. The molecule has 0 aromatic carbocycles. The summed E-state index contributed by atoms with van der Waals surface area (Å²) in [5.74, 6) is -0.845. The van der Waals surface area contributed by atoms with E-state index in [4.69, 9.17) is 5.11 Å². The van der Waals surface area contributed by atoms with Crippen LogP contribution in [0.25, 0.3) is 0 Å². The van der Waals surface area contributed by atoms with Crippen molar-refractivity contribution in [2.24, 2.45) is 0 Å². The first-order valence-corrected chi connectivity index (χ1v) is 5.24. The topological polar surface area (TPSA) is 69.6 Å². The highest BCUT2D eigenvalue weighted by molar-refractivity contribution is 5.78. The molecular weight excluding hydrogens is 196 g/mol. The normalized spacial score (nSPS) is 12.2. The van der Waals surface area contributed by atoms with Crippen molar-refractivity contribution in [3.63, 3.8) is 0 Å². The molecule has 0 heterocycles. The van der Waals surface area contributed by atoms with Gasteiger partial charge in [-0.1, -0.05) is 0 Å². The zero-order valence-corrected chi connectivity index (χ0v) is 9.62. The van der Waals surface area contributed by atoms with Crippen LogP contribution in [-0.2, 0) is 9.59 Å². The summed E-state index contributed by atoms with van der Waals surface area (Å²) >= 11 is 0. The third-order valence-electron chi connectivity index (χ3n) is 2.20. The van der Waals surface area contributed by atoms with Crippen molar-refractivity contribution >= 4 is 11.9 Å². The Hall–Kier alpha value is -1.10. The van der Waals surface area contributed by atoms with Crippen LogP contribution in [-0.4, -0.2) is 47.6 Å². The molecule has 1 unspecified atom stereocenters. The summed E-state index contributed by atoms with van der Waals surface area (Å²) in [6.07, 6.45) is 0.0333. The molecule has 0 aromatic rings. The van der Waals surface area contributed by atoms with Gasteiger partial charge in [0, 0.05) is 19.1 Å². The molecule has 0 aliphatic rings. The molecule has 88 valence electrons. The van der Waals surface area contributed by atoms with E-state index in [0.717, 1.165) is 0 Å². The van der Waals surface area contributed by atoms with E-state index in [1.54, 1.807) is 11.8 Å². The van der Waals surface area contributed by atoms with Crippen molar-refractivity contribution in [2.75, 3.05) is 19.6 Å². The van der Waals surface area contributed by atoms with Gasteiger partial charge in [0.1, 0.15) is 0 Å². The van der Waals surface area contributed by atoms with E-state index in [-0.39, 0.29) is 24.9 Å². The molecule has 5 nitrogen and oxygen atoms in total. The van der Waals surface area contributed by atoms with Crippen LogP contribution in [0.5, 0.6) is 0 Å². The second-order valence-corrected chi connectivity index (χ2v) is 3.45. The van der Waals surface area contributed by atoms with E-state index in [1.807, 2.05) is 13.8 Å². The Kier molecular flexibility index (Phi) is 6.70. The number of carbonyl (C=O) groups excluding carboxylic acids is 1. The Morgan fingerprint density at radius 2 is 1.87 bits per heavy atom. The first-order chi connectivity index (χ1) is 7.01. The molecule has 1 atom stereocenters. The van der Waals surface area contributed by atoms with Gasteiger partial charge in [-0.25, -0.2) is 0 Å². The van der Waals surface area contributed by atoms with Crippen molar-refractivity contribution in [1.82, 2.24) is 10.2 Å². The average molecular weight is 216 g/mol. The number of nitrogens with one attached hydrogen (secondary N) is 1. The van der Waals surface area contributed by atoms with Gasteiger partial charge < -0.3 is 15.3 Å². The van der Waals surface area contributed by atoms with Crippen molar-refractivity contribution in [3.05, 3.63) is 0 Å². The number of aliphatic carboxylic acids is 1. The van der Waals surface area contributed by atoms with Crippen LogP contribution in [0.4, 0.5) is 0 Å². The molecule has 0 aromatic heterocycles. The smallest absolute Gasteiger partial charge is 0.304 e. The lowest BCUT2D eigenvalue weighted by Crippen LogP contribution is -2.41. The minimum Gasteiger partial charge on any atom is -0.481 e. The molecule has 1 amide bonds. The number of hydrogen-bond donors (Lipinski definition) is 2. The molecule has 5 heteroatoms. The fourth-order valence-corrected chi connectivity index (χ4v) is 1.28. The van der Waals surface area contributed by atoms with Gasteiger partial charge >= 0.3 is 5.97 Å².